The Morgan fingerprint density at radius 3 is 2.53 bits per heavy atom. The van der Waals surface area contributed by atoms with Crippen LogP contribution in [0.2, 0.25) is 0 Å². The molecule has 0 aliphatic heterocycles. The van der Waals surface area contributed by atoms with Crippen molar-refractivity contribution in [3.63, 3.8) is 0 Å². The minimum Gasteiger partial charge on any atom is -0.445 e. The molecule has 0 bridgehead atoms. The maximum Gasteiger partial charge on any atom is 0.195 e. The van der Waals surface area contributed by atoms with E-state index in [1.165, 1.54) is 0 Å². The summed E-state index contributed by atoms with van der Waals surface area (Å²) in [4.78, 5) is 4.33. The molecule has 0 fully saturated rings. The van der Waals surface area contributed by atoms with Crippen molar-refractivity contribution < 1.29 is 4.42 Å². The van der Waals surface area contributed by atoms with Gasteiger partial charge < -0.3 is 9.73 Å². The molecule has 0 aliphatic rings. The van der Waals surface area contributed by atoms with E-state index in [2.05, 4.69) is 44.9 Å². The Labute approximate surface area is 105 Å². The summed E-state index contributed by atoms with van der Waals surface area (Å²) in [5, 5.41) is 3.39. The fraction of sp³-hybridized carbons (Fsp3) is 0.786. The SMILES string of the molecule is CC(C)CNCCc1ncc(C(C)C(C)C)o1. The third-order valence-corrected chi connectivity index (χ3v) is 3.09. The molecule has 3 nitrogen and oxygen atoms in total. The molecule has 0 saturated heterocycles. The van der Waals surface area contributed by atoms with Crippen LogP contribution < -0.4 is 5.32 Å². The maximum atomic E-state index is 5.76. The Morgan fingerprint density at radius 1 is 1.24 bits per heavy atom. The van der Waals surface area contributed by atoms with Crippen LogP contribution in [0.1, 0.15) is 52.2 Å². The zero-order chi connectivity index (χ0) is 12.8. The molecule has 1 N–H and O–H groups in total. The molecule has 0 spiro atoms. The van der Waals surface area contributed by atoms with Crippen molar-refractivity contribution in [2.75, 3.05) is 13.1 Å². The lowest BCUT2D eigenvalue weighted by Crippen LogP contribution is -2.22. The predicted octanol–water partition coefficient (Wildman–Crippen LogP) is 3.22. The van der Waals surface area contributed by atoms with E-state index in [1.807, 2.05) is 6.20 Å². The molecule has 1 aromatic rings. The average Bonchev–Trinajstić information content (AvgIpc) is 2.71. The van der Waals surface area contributed by atoms with Gasteiger partial charge in [-0.15, -0.1) is 0 Å². The summed E-state index contributed by atoms with van der Waals surface area (Å²) in [5.74, 6) is 3.59. The smallest absolute Gasteiger partial charge is 0.195 e. The Bertz CT molecular complexity index is 318. The molecule has 98 valence electrons. The molecule has 1 aromatic heterocycles. The van der Waals surface area contributed by atoms with Gasteiger partial charge in [0, 0.05) is 18.9 Å². The van der Waals surface area contributed by atoms with Crippen molar-refractivity contribution in [2.24, 2.45) is 11.8 Å². The molecule has 0 amide bonds. The lowest BCUT2D eigenvalue weighted by Gasteiger charge is -2.11. The third-order valence-electron chi connectivity index (χ3n) is 3.09. The normalized spacial score (nSPS) is 13.6. The number of oxazole rings is 1. The van der Waals surface area contributed by atoms with Gasteiger partial charge in [-0.3, -0.25) is 0 Å². The van der Waals surface area contributed by atoms with Gasteiger partial charge in [-0.25, -0.2) is 4.98 Å². The number of aromatic nitrogens is 1. The van der Waals surface area contributed by atoms with E-state index in [4.69, 9.17) is 4.42 Å². The molecule has 0 aromatic carbocycles. The van der Waals surface area contributed by atoms with Gasteiger partial charge in [-0.1, -0.05) is 34.6 Å². The van der Waals surface area contributed by atoms with E-state index in [0.717, 1.165) is 31.2 Å². The van der Waals surface area contributed by atoms with Gasteiger partial charge in [0.2, 0.25) is 0 Å². The zero-order valence-electron chi connectivity index (χ0n) is 11.8. The highest BCUT2D eigenvalue weighted by molar-refractivity contribution is 5.01. The van der Waals surface area contributed by atoms with Crippen LogP contribution in [-0.4, -0.2) is 18.1 Å². The van der Waals surface area contributed by atoms with Gasteiger partial charge in [0.25, 0.3) is 0 Å². The van der Waals surface area contributed by atoms with Gasteiger partial charge in [-0.2, -0.15) is 0 Å². The van der Waals surface area contributed by atoms with Gasteiger partial charge in [0.15, 0.2) is 5.89 Å². The second-order valence-electron chi connectivity index (χ2n) is 5.54. The molecule has 3 heteroatoms. The van der Waals surface area contributed by atoms with Crippen LogP contribution in [0.3, 0.4) is 0 Å². The van der Waals surface area contributed by atoms with Crippen molar-refractivity contribution >= 4 is 0 Å². The lowest BCUT2D eigenvalue weighted by atomic mass is 9.96. The standard InChI is InChI=1S/C14H26N2O/c1-10(2)8-15-7-6-14-16-9-13(17-14)12(5)11(3)4/h9-12,15H,6-8H2,1-5H3. The minimum absolute atomic E-state index is 0.444. The van der Waals surface area contributed by atoms with Gasteiger partial charge >= 0.3 is 0 Å². The van der Waals surface area contributed by atoms with Crippen molar-refractivity contribution in [1.82, 2.24) is 10.3 Å². The molecular formula is C14H26N2O. The zero-order valence-corrected chi connectivity index (χ0v) is 11.8. The number of nitrogens with zero attached hydrogens (tertiary/aromatic N) is 1. The number of nitrogens with one attached hydrogen (secondary N) is 1. The molecule has 1 rings (SSSR count). The van der Waals surface area contributed by atoms with Crippen molar-refractivity contribution in [3.8, 4) is 0 Å². The fourth-order valence-electron chi connectivity index (χ4n) is 1.57. The van der Waals surface area contributed by atoms with Crippen molar-refractivity contribution in [1.29, 1.82) is 0 Å². The largest absolute Gasteiger partial charge is 0.445 e. The molecular weight excluding hydrogens is 212 g/mol. The number of hydrogen-bond donors (Lipinski definition) is 1. The highest BCUT2D eigenvalue weighted by atomic mass is 16.4. The molecule has 0 aliphatic carbocycles. The topological polar surface area (TPSA) is 38.1 Å². The van der Waals surface area contributed by atoms with Crippen LogP contribution in [0.4, 0.5) is 0 Å². The predicted molar refractivity (Wildman–Crippen MR) is 71.2 cm³/mol. The Balaban J connectivity index is 2.36. The highest BCUT2D eigenvalue weighted by Gasteiger charge is 2.14. The summed E-state index contributed by atoms with van der Waals surface area (Å²) in [6.07, 6.45) is 2.75. The summed E-state index contributed by atoms with van der Waals surface area (Å²) < 4.78 is 5.76. The first-order valence-electron chi connectivity index (χ1n) is 6.66. The fourth-order valence-corrected chi connectivity index (χ4v) is 1.57. The van der Waals surface area contributed by atoms with Crippen molar-refractivity contribution in [2.45, 2.75) is 47.0 Å². The summed E-state index contributed by atoms with van der Waals surface area (Å²) >= 11 is 0. The Kier molecular flexibility index (Phi) is 5.69. The van der Waals surface area contributed by atoms with Gasteiger partial charge in [-0.05, 0) is 18.4 Å². The first-order chi connectivity index (χ1) is 8.00. The summed E-state index contributed by atoms with van der Waals surface area (Å²) in [7, 11) is 0. The van der Waals surface area contributed by atoms with E-state index in [1.54, 1.807) is 0 Å². The van der Waals surface area contributed by atoms with E-state index < -0.39 is 0 Å². The number of rotatable bonds is 7. The van der Waals surface area contributed by atoms with E-state index in [9.17, 15) is 0 Å². The maximum absolute atomic E-state index is 5.76. The number of hydrogen-bond acceptors (Lipinski definition) is 3. The van der Waals surface area contributed by atoms with Crippen LogP contribution in [0.5, 0.6) is 0 Å². The van der Waals surface area contributed by atoms with Crippen molar-refractivity contribution in [3.05, 3.63) is 17.8 Å². The lowest BCUT2D eigenvalue weighted by molar-refractivity contribution is 0.386. The van der Waals surface area contributed by atoms with E-state index in [0.29, 0.717) is 17.8 Å². The summed E-state index contributed by atoms with van der Waals surface area (Å²) in [6.45, 7) is 13.0. The van der Waals surface area contributed by atoms with Crippen LogP contribution in [0.15, 0.2) is 10.6 Å². The Morgan fingerprint density at radius 2 is 1.94 bits per heavy atom. The first-order valence-corrected chi connectivity index (χ1v) is 6.66. The minimum atomic E-state index is 0.444. The molecule has 0 radical (unpaired) electrons. The quantitative estimate of drug-likeness (QED) is 0.741. The van der Waals surface area contributed by atoms with Crippen LogP contribution in [0, 0.1) is 11.8 Å². The monoisotopic (exact) mass is 238 g/mol. The molecule has 0 saturated carbocycles. The summed E-state index contributed by atoms with van der Waals surface area (Å²) in [5.41, 5.74) is 0. The van der Waals surface area contributed by atoms with Gasteiger partial charge in [0.1, 0.15) is 5.76 Å². The average molecular weight is 238 g/mol. The molecule has 1 heterocycles. The van der Waals surface area contributed by atoms with Gasteiger partial charge in [0.05, 0.1) is 6.20 Å². The van der Waals surface area contributed by atoms with Crippen LogP contribution >= 0.6 is 0 Å². The van der Waals surface area contributed by atoms with Crippen LogP contribution in [0.25, 0.3) is 0 Å². The first kappa shape index (κ1) is 14.2. The second-order valence-corrected chi connectivity index (χ2v) is 5.54. The highest BCUT2D eigenvalue weighted by Crippen LogP contribution is 2.23. The Hall–Kier alpha value is -0.830. The molecule has 1 unspecified atom stereocenters. The van der Waals surface area contributed by atoms with E-state index >= 15 is 0 Å². The van der Waals surface area contributed by atoms with Crippen LogP contribution in [-0.2, 0) is 6.42 Å². The molecule has 1 atom stereocenters. The van der Waals surface area contributed by atoms with E-state index in [-0.39, 0.29) is 0 Å². The second kappa shape index (κ2) is 6.80. The third kappa shape index (κ3) is 4.90. The summed E-state index contributed by atoms with van der Waals surface area (Å²) in [6, 6.07) is 0. The molecule has 17 heavy (non-hydrogen) atoms.